The Morgan fingerprint density at radius 1 is 1.00 bits per heavy atom. The Bertz CT molecular complexity index is 1100. The molecular weight excluding hydrogens is 431 g/mol. The van der Waals surface area contributed by atoms with Crippen molar-refractivity contribution in [1.82, 2.24) is 9.88 Å². The average Bonchev–Trinajstić information content (AvgIpc) is 2.81. The standard InChI is InChI=1S/C24H22ClFN4O2/c25-19-3-1-2-18(15-19)24(32)30-12-10-29(11-13-30)22-9-8-21(16-27-22)28-23(31)14-17-4-6-20(26)7-5-17/h1-9,15-16H,10-14H2,(H,28,31). The van der Waals surface area contributed by atoms with Gasteiger partial charge in [-0.1, -0.05) is 29.8 Å². The molecule has 0 atom stereocenters. The molecule has 8 heteroatoms. The number of anilines is 2. The van der Waals surface area contributed by atoms with Gasteiger partial charge in [0.1, 0.15) is 11.6 Å². The van der Waals surface area contributed by atoms with Gasteiger partial charge in [-0.2, -0.15) is 0 Å². The molecule has 2 heterocycles. The van der Waals surface area contributed by atoms with E-state index in [1.165, 1.54) is 12.1 Å². The minimum Gasteiger partial charge on any atom is -0.353 e. The lowest BCUT2D eigenvalue weighted by Crippen LogP contribution is -2.49. The predicted molar refractivity (Wildman–Crippen MR) is 123 cm³/mol. The molecule has 1 aliphatic heterocycles. The molecule has 0 saturated carbocycles. The van der Waals surface area contributed by atoms with E-state index in [-0.39, 0.29) is 24.1 Å². The van der Waals surface area contributed by atoms with Crippen LogP contribution in [-0.2, 0) is 11.2 Å². The number of amides is 2. The molecule has 0 bridgehead atoms. The lowest BCUT2D eigenvalue weighted by atomic mass is 10.1. The summed E-state index contributed by atoms with van der Waals surface area (Å²) in [6.07, 6.45) is 1.77. The molecule has 6 nitrogen and oxygen atoms in total. The second-order valence-electron chi connectivity index (χ2n) is 7.55. The number of nitrogens with zero attached hydrogens (tertiary/aromatic N) is 3. The fraction of sp³-hybridized carbons (Fsp3) is 0.208. The third-order valence-corrected chi connectivity index (χ3v) is 5.51. The van der Waals surface area contributed by atoms with Crippen LogP contribution in [0.25, 0.3) is 0 Å². The summed E-state index contributed by atoms with van der Waals surface area (Å²) in [7, 11) is 0. The van der Waals surface area contributed by atoms with Gasteiger partial charge in [-0.25, -0.2) is 9.37 Å². The molecular formula is C24H22ClFN4O2. The number of benzene rings is 2. The van der Waals surface area contributed by atoms with Crippen LogP contribution >= 0.6 is 11.6 Å². The van der Waals surface area contributed by atoms with E-state index in [9.17, 15) is 14.0 Å². The molecule has 3 aromatic rings. The molecule has 1 N–H and O–H groups in total. The zero-order valence-electron chi connectivity index (χ0n) is 17.3. The van der Waals surface area contributed by atoms with Crippen molar-refractivity contribution in [1.29, 1.82) is 0 Å². The highest BCUT2D eigenvalue weighted by Crippen LogP contribution is 2.19. The Kier molecular flexibility index (Phi) is 6.66. The molecule has 32 heavy (non-hydrogen) atoms. The average molecular weight is 453 g/mol. The SMILES string of the molecule is O=C(Cc1ccc(F)cc1)Nc1ccc(N2CCN(C(=O)c3cccc(Cl)c3)CC2)nc1. The monoisotopic (exact) mass is 452 g/mol. The van der Waals surface area contributed by atoms with Gasteiger partial charge in [0.25, 0.3) is 5.91 Å². The summed E-state index contributed by atoms with van der Waals surface area (Å²) in [4.78, 5) is 33.2. The molecule has 1 aromatic heterocycles. The minimum atomic E-state index is -0.330. The Balaban J connectivity index is 1.29. The third-order valence-electron chi connectivity index (χ3n) is 5.27. The maximum absolute atomic E-state index is 13.0. The minimum absolute atomic E-state index is 0.0284. The summed E-state index contributed by atoms with van der Waals surface area (Å²) in [5.41, 5.74) is 1.92. The summed E-state index contributed by atoms with van der Waals surface area (Å²) < 4.78 is 13.0. The zero-order valence-corrected chi connectivity index (χ0v) is 18.1. The van der Waals surface area contributed by atoms with E-state index in [2.05, 4.69) is 15.2 Å². The van der Waals surface area contributed by atoms with Crippen molar-refractivity contribution in [3.05, 3.63) is 88.8 Å². The number of hydrogen-bond acceptors (Lipinski definition) is 4. The molecule has 1 fully saturated rings. The normalized spacial score (nSPS) is 13.7. The molecule has 2 amide bonds. The summed E-state index contributed by atoms with van der Waals surface area (Å²) >= 11 is 5.99. The first kappa shape index (κ1) is 21.8. The lowest BCUT2D eigenvalue weighted by molar-refractivity contribution is -0.115. The Labute approximate surface area is 190 Å². The van der Waals surface area contributed by atoms with Gasteiger partial charge in [0.05, 0.1) is 18.3 Å². The van der Waals surface area contributed by atoms with Gasteiger partial charge in [-0.15, -0.1) is 0 Å². The van der Waals surface area contributed by atoms with Crippen molar-refractivity contribution in [2.45, 2.75) is 6.42 Å². The number of halogens is 2. The highest BCUT2D eigenvalue weighted by Gasteiger charge is 2.23. The first-order valence-corrected chi connectivity index (χ1v) is 10.7. The van der Waals surface area contributed by atoms with Crippen molar-refractivity contribution in [3.63, 3.8) is 0 Å². The molecule has 0 radical (unpaired) electrons. The maximum Gasteiger partial charge on any atom is 0.254 e. The van der Waals surface area contributed by atoms with E-state index in [1.54, 1.807) is 48.7 Å². The van der Waals surface area contributed by atoms with E-state index in [0.29, 0.717) is 42.5 Å². The predicted octanol–water partition coefficient (Wildman–Crippen LogP) is 4.02. The van der Waals surface area contributed by atoms with Crippen molar-refractivity contribution in [2.24, 2.45) is 0 Å². The molecule has 1 aliphatic rings. The molecule has 164 valence electrons. The van der Waals surface area contributed by atoms with Gasteiger partial charge in [0.15, 0.2) is 0 Å². The van der Waals surface area contributed by atoms with Crippen molar-refractivity contribution in [2.75, 3.05) is 36.4 Å². The number of hydrogen-bond donors (Lipinski definition) is 1. The van der Waals surface area contributed by atoms with Gasteiger partial charge in [-0.05, 0) is 48.0 Å². The number of aromatic nitrogens is 1. The Morgan fingerprint density at radius 2 is 1.75 bits per heavy atom. The Morgan fingerprint density at radius 3 is 2.41 bits per heavy atom. The number of nitrogens with one attached hydrogen (secondary N) is 1. The van der Waals surface area contributed by atoms with Gasteiger partial charge in [0.2, 0.25) is 5.91 Å². The quantitative estimate of drug-likeness (QED) is 0.635. The summed E-state index contributed by atoms with van der Waals surface area (Å²) in [6.45, 7) is 2.50. The molecule has 0 spiro atoms. The van der Waals surface area contributed by atoms with Crippen LogP contribution in [0.1, 0.15) is 15.9 Å². The van der Waals surface area contributed by atoms with Crippen LogP contribution in [0.2, 0.25) is 5.02 Å². The first-order chi connectivity index (χ1) is 15.5. The van der Waals surface area contributed by atoms with Crippen molar-refractivity contribution in [3.8, 4) is 0 Å². The van der Waals surface area contributed by atoms with E-state index in [1.807, 2.05) is 11.0 Å². The van der Waals surface area contributed by atoms with Gasteiger partial charge >= 0.3 is 0 Å². The topological polar surface area (TPSA) is 65.5 Å². The molecule has 1 saturated heterocycles. The van der Waals surface area contributed by atoms with Crippen LogP contribution in [-0.4, -0.2) is 47.9 Å². The van der Waals surface area contributed by atoms with Crippen LogP contribution in [0.15, 0.2) is 66.9 Å². The first-order valence-electron chi connectivity index (χ1n) is 10.3. The molecule has 4 rings (SSSR count). The van der Waals surface area contributed by atoms with E-state index in [0.717, 1.165) is 11.4 Å². The fourth-order valence-corrected chi connectivity index (χ4v) is 3.77. The summed E-state index contributed by atoms with van der Waals surface area (Å²) in [6, 6.07) is 16.5. The van der Waals surface area contributed by atoms with E-state index < -0.39 is 0 Å². The van der Waals surface area contributed by atoms with Crippen molar-refractivity contribution < 1.29 is 14.0 Å². The van der Waals surface area contributed by atoms with Gasteiger partial charge in [0, 0.05) is 36.8 Å². The Hall–Kier alpha value is -3.45. The van der Waals surface area contributed by atoms with Crippen LogP contribution in [0.5, 0.6) is 0 Å². The molecule has 0 aliphatic carbocycles. The van der Waals surface area contributed by atoms with Gasteiger partial charge in [-0.3, -0.25) is 9.59 Å². The van der Waals surface area contributed by atoms with E-state index >= 15 is 0 Å². The van der Waals surface area contributed by atoms with Crippen LogP contribution in [0.3, 0.4) is 0 Å². The highest BCUT2D eigenvalue weighted by atomic mass is 35.5. The van der Waals surface area contributed by atoms with Crippen LogP contribution < -0.4 is 10.2 Å². The highest BCUT2D eigenvalue weighted by molar-refractivity contribution is 6.30. The number of carbonyl (C=O) groups excluding carboxylic acids is 2. The largest absolute Gasteiger partial charge is 0.353 e. The molecule has 0 unspecified atom stereocenters. The fourth-order valence-electron chi connectivity index (χ4n) is 3.58. The van der Waals surface area contributed by atoms with E-state index in [4.69, 9.17) is 11.6 Å². The number of piperazine rings is 1. The van der Waals surface area contributed by atoms with Crippen LogP contribution in [0.4, 0.5) is 15.9 Å². The third kappa shape index (κ3) is 5.42. The smallest absolute Gasteiger partial charge is 0.254 e. The maximum atomic E-state index is 13.0. The summed E-state index contributed by atoms with van der Waals surface area (Å²) in [5, 5.41) is 3.35. The summed E-state index contributed by atoms with van der Waals surface area (Å²) in [5.74, 6) is 0.235. The lowest BCUT2D eigenvalue weighted by Gasteiger charge is -2.35. The van der Waals surface area contributed by atoms with Gasteiger partial charge < -0.3 is 15.1 Å². The van der Waals surface area contributed by atoms with Crippen molar-refractivity contribution >= 4 is 34.9 Å². The second-order valence-corrected chi connectivity index (χ2v) is 7.98. The zero-order chi connectivity index (χ0) is 22.5. The van der Waals surface area contributed by atoms with Crippen LogP contribution in [0, 0.1) is 5.82 Å². The number of carbonyl (C=O) groups is 2. The molecule has 2 aromatic carbocycles. The second kappa shape index (κ2) is 9.78. The number of rotatable bonds is 5. The number of pyridine rings is 1.